The van der Waals surface area contributed by atoms with Crippen molar-refractivity contribution in [3.05, 3.63) is 39.9 Å². The minimum Gasteiger partial charge on any atom is -0.447 e. The van der Waals surface area contributed by atoms with E-state index in [0.29, 0.717) is 18.5 Å². The molecule has 11 heteroatoms. The van der Waals surface area contributed by atoms with Crippen LogP contribution >= 0.6 is 11.8 Å². The Labute approximate surface area is 172 Å². The number of ether oxygens (including phenoxy) is 2. The zero-order valence-corrected chi connectivity index (χ0v) is 17.2. The predicted molar refractivity (Wildman–Crippen MR) is 105 cm³/mol. The molecule has 1 aliphatic heterocycles. The van der Waals surface area contributed by atoms with E-state index in [-0.39, 0.29) is 29.3 Å². The van der Waals surface area contributed by atoms with E-state index in [0.717, 1.165) is 11.8 Å². The van der Waals surface area contributed by atoms with Gasteiger partial charge in [-0.05, 0) is 24.1 Å². The Kier molecular flexibility index (Phi) is 7.82. The molecule has 1 fully saturated rings. The van der Waals surface area contributed by atoms with Crippen LogP contribution in [0.15, 0.2) is 24.3 Å². The largest absolute Gasteiger partial charge is 0.447 e. The SMILES string of the molecule is CC(=O)S[C@H]1C[C@@H](COC(=O)N(C)C)N(C(=O)OCc2ccc([N+](=O)[O-])cc2)C1. The van der Waals surface area contributed by atoms with Crippen molar-refractivity contribution in [2.45, 2.75) is 31.2 Å². The summed E-state index contributed by atoms with van der Waals surface area (Å²) < 4.78 is 10.5. The van der Waals surface area contributed by atoms with Crippen molar-refractivity contribution in [3.8, 4) is 0 Å². The highest BCUT2D eigenvalue weighted by molar-refractivity contribution is 8.14. The summed E-state index contributed by atoms with van der Waals surface area (Å²) in [5.74, 6) is 0. The van der Waals surface area contributed by atoms with E-state index in [4.69, 9.17) is 9.47 Å². The van der Waals surface area contributed by atoms with Crippen LogP contribution in [0.2, 0.25) is 0 Å². The number of nitro groups is 1. The maximum absolute atomic E-state index is 12.6. The molecule has 0 unspecified atom stereocenters. The number of carbonyl (C=O) groups excluding carboxylic acids is 3. The van der Waals surface area contributed by atoms with Gasteiger partial charge in [-0.15, -0.1) is 0 Å². The minimum absolute atomic E-state index is 0.00138. The van der Waals surface area contributed by atoms with Crippen molar-refractivity contribution in [2.75, 3.05) is 27.2 Å². The molecule has 158 valence electrons. The van der Waals surface area contributed by atoms with Gasteiger partial charge in [0.2, 0.25) is 0 Å². The van der Waals surface area contributed by atoms with Gasteiger partial charge in [-0.2, -0.15) is 0 Å². The number of benzene rings is 1. The molecule has 0 radical (unpaired) electrons. The summed E-state index contributed by atoms with van der Waals surface area (Å²) in [6.07, 6.45) is -0.620. The molecule has 1 saturated heterocycles. The Bertz CT molecular complexity index is 769. The highest BCUT2D eigenvalue weighted by Gasteiger charge is 2.38. The fourth-order valence-electron chi connectivity index (χ4n) is 2.81. The maximum atomic E-state index is 12.6. The van der Waals surface area contributed by atoms with Crippen LogP contribution in [-0.4, -0.2) is 70.6 Å². The van der Waals surface area contributed by atoms with Crippen LogP contribution in [-0.2, 0) is 20.9 Å². The molecule has 0 aliphatic carbocycles. The first-order chi connectivity index (χ1) is 13.7. The molecule has 2 rings (SSSR count). The van der Waals surface area contributed by atoms with Crippen molar-refractivity contribution < 1.29 is 28.8 Å². The topological polar surface area (TPSA) is 119 Å². The first kappa shape index (κ1) is 22.5. The van der Waals surface area contributed by atoms with Gasteiger partial charge >= 0.3 is 12.2 Å². The number of nitro benzene ring substituents is 1. The molecule has 2 atom stereocenters. The van der Waals surface area contributed by atoms with Gasteiger partial charge in [-0.1, -0.05) is 11.8 Å². The molecule has 0 spiro atoms. The number of hydrogen-bond donors (Lipinski definition) is 0. The lowest BCUT2D eigenvalue weighted by Gasteiger charge is -2.24. The Morgan fingerprint density at radius 3 is 2.45 bits per heavy atom. The van der Waals surface area contributed by atoms with Crippen LogP contribution in [0.4, 0.5) is 15.3 Å². The molecule has 1 aromatic carbocycles. The van der Waals surface area contributed by atoms with E-state index < -0.39 is 23.2 Å². The molecular formula is C18H23N3O7S. The molecule has 29 heavy (non-hydrogen) atoms. The quantitative estimate of drug-likeness (QED) is 0.504. The fourth-order valence-corrected chi connectivity index (χ4v) is 3.84. The number of hydrogen-bond acceptors (Lipinski definition) is 8. The van der Waals surface area contributed by atoms with Gasteiger partial charge in [-0.25, -0.2) is 9.59 Å². The third kappa shape index (κ3) is 6.63. The van der Waals surface area contributed by atoms with Crippen molar-refractivity contribution >= 4 is 34.8 Å². The molecule has 1 aromatic rings. The van der Waals surface area contributed by atoms with Crippen LogP contribution < -0.4 is 0 Å². The van der Waals surface area contributed by atoms with Crippen molar-refractivity contribution in [1.82, 2.24) is 9.80 Å². The van der Waals surface area contributed by atoms with Gasteiger partial charge in [-0.3, -0.25) is 14.9 Å². The van der Waals surface area contributed by atoms with E-state index >= 15 is 0 Å². The Morgan fingerprint density at radius 2 is 1.90 bits per heavy atom. The van der Waals surface area contributed by atoms with Crippen LogP contribution in [0.1, 0.15) is 18.9 Å². The second-order valence-electron chi connectivity index (χ2n) is 6.72. The number of nitrogens with zero attached hydrogens (tertiary/aromatic N) is 3. The van der Waals surface area contributed by atoms with Gasteiger partial charge in [0.25, 0.3) is 5.69 Å². The average Bonchev–Trinajstić information content (AvgIpc) is 3.06. The predicted octanol–water partition coefficient (Wildman–Crippen LogP) is 2.65. The molecule has 10 nitrogen and oxygen atoms in total. The maximum Gasteiger partial charge on any atom is 0.410 e. The molecule has 0 saturated carbocycles. The lowest BCUT2D eigenvalue weighted by atomic mass is 10.2. The summed E-state index contributed by atoms with van der Waals surface area (Å²) in [6.45, 7) is 1.70. The average molecular weight is 425 g/mol. The summed E-state index contributed by atoms with van der Waals surface area (Å²) in [5, 5.41) is 10.5. The summed E-state index contributed by atoms with van der Waals surface area (Å²) in [6, 6.07) is 5.30. The lowest BCUT2D eigenvalue weighted by Crippen LogP contribution is -2.40. The first-order valence-corrected chi connectivity index (χ1v) is 9.73. The Balaban J connectivity index is 1.98. The van der Waals surface area contributed by atoms with Crippen LogP contribution in [0.25, 0.3) is 0 Å². The molecule has 0 N–H and O–H groups in total. The monoisotopic (exact) mass is 425 g/mol. The molecule has 1 aliphatic rings. The fraction of sp³-hybridized carbons (Fsp3) is 0.500. The molecule has 2 amide bonds. The van der Waals surface area contributed by atoms with E-state index in [1.165, 1.54) is 41.0 Å². The Hall–Kier alpha value is -2.82. The summed E-state index contributed by atoms with van der Waals surface area (Å²) in [4.78, 5) is 48.6. The number of thioether (sulfide) groups is 1. The van der Waals surface area contributed by atoms with Crippen molar-refractivity contribution in [1.29, 1.82) is 0 Å². The second kappa shape index (κ2) is 10.1. The third-order valence-corrected chi connectivity index (χ3v) is 5.22. The zero-order valence-electron chi connectivity index (χ0n) is 16.4. The van der Waals surface area contributed by atoms with Gasteiger partial charge in [0.15, 0.2) is 5.12 Å². The minimum atomic E-state index is -0.596. The number of rotatable bonds is 6. The van der Waals surface area contributed by atoms with E-state index in [1.807, 2.05) is 0 Å². The van der Waals surface area contributed by atoms with Crippen LogP contribution in [0.3, 0.4) is 0 Å². The normalized spacial score (nSPS) is 18.2. The smallest absolute Gasteiger partial charge is 0.410 e. The lowest BCUT2D eigenvalue weighted by molar-refractivity contribution is -0.384. The number of likely N-dealkylation sites (tertiary alicyclic amines) is 1. The van der Waals surface area contributed by atoms with Gasteiger partial charge in [0.05, 0.1) is 11.0 Å². The highest BCUT2D eigenvalue weighted by Crippen LogP contribution is 2.29. The summed E-state index contributed by atoms with van der Waals surface area (Å²) in [5.41, 5.74) is 0.555. The summed E-state index contributed by atoms with van der Waals surface area (Å²) >= 11 is 1.14. The first-order valence-electron chi connectivity index (χ1n) is 8.85. The zero-order chi connectivity index (χ0) is 21.6. The van der Waals surface area contributed by atoms with Crippen molar-refractivity contribution in [3.63, 3.8) is 0 Å². The Morgan fingerprint density at radius 1 is 1.24 bits per heavy atom. The molecule has 1 heterocycles. The summed E-state index contributed by atoms with van der Waals surface area (Å²) in [7, 11) is 3.11. The number of amides is 2. The van der Waals surface area contributed by atoms with E-state index in [1.54, 1.807) is 14.1 Å². The highest BCUT2D eigenvalue weighted by atomic mass is 32.2. The molecule has 0 aromatic heterocycles. The van der Waals surface area contributed by atoms with Crippen LogP contribution in [0.5, 0.6) is 0 Å². The van der Waals surface area contributed by atoms with Gasteiger partial charge in [0.1, 0.15) is 13.2 Å². The van der Waals surface area contributed by atoms with Gasteiger partial charge in [0, 0.05) is 44.9 Å². The van der Waals surface area contributed by atoms with Gasteiger partial charge < -0.3 is 19.3 Å². The standard InChI is InChI=1S/C18H23N3O7S/c1-12(22)29-16-8-15(11-28-17(23)19(2)3)20(9-16)18(24)27-10-13-4-6-14(7-5-13)21(25)26/h4-7,15-16H,8-11H2,1-3H3/t15-,16-/m0/s1. The molecule has 0 bridgehead atoms. The second-order valence-corrected chi connectivity index (χ2v) is 8.20. The van der Waals surface area contributed by atoms with E-state index in [9.17, 15) is 24.5 Å². The van der Waals surface area contributed by atoms with Crippen LogP contribution in [0, 0.1) is 10.1 Å². The molecular weight excluding hydrogens is 402 g/mol. The number of carbonyl (C=O) groups is 3. The van der Waals surface area contributed by atoms with E-state index in [2.05, 4.69) is 0 Å². The third-order valence-electron chi connectivity index (χ3n) is 4.22. The van der Waals surface area contributed by atoms with Crippen molar-refractivity contribution in [2.24, 2.45) is 0 Å². The number of non-ortho nitro benzene ring substituents is 1.